The topological polar surface area (TPSA) is 88.4 Å². The molecule has 2 aromatic carbocycles. The highest BCUT2D eigenvalue weighted by Crippen LogP contribution is 2.31. The third kappa shape index (κ3) is 6.93. The van der Waals surface area contributed by atoms with Gasteiger partial charge >= 0.3 is 5.97 Å². The van der Waals surface area contributed by atoms with Crippen LogP contribution in [0.15, 0.2) is 59.0 Å². The van der Waals surface area contributed by atoms with Crippen LogP contribution in [-0.2, 0) is 14.3 Å². The molecule has 1 N–H and O–H groups in total. The van der Waals surface area contributed by atoms with Crippen LogP contribution >= 0.6 is 11.8 Å². The van der Waals surface area contributed by atoms with Crippen molar-refractivity contribution in [2.75, 3.05) is 19.0 Å². The zero-order valence-corrected chi connectivity index (χ0v) is 16.0. The van der Waals surface area contributed by atoms with Crippen molar-refractivity contribution < 1.29 is 27.8 Å². The molecule has 2 aromatic rings. The van der Waals surface area contributed by atoms with Gasteiger partial charge in [0.1, 0.15) is 17.4 Å². The highest BCUT2D eigenvalue weighted by molar-refractivity contribution is 7.99. The number of thioether (sulfide) groups is 1. The van der Waals surface area contributed by atoms with Crippen LogP contribution in [0.5, 0.6) is 5.75 Å². The van der Waals surface area contributed by atoms with Gasteiger partial charge in [0.25, 0.3) is 11.7 Å². The van der Waals surface area contributed by atoms with Gasteiger partial charge in [0.15, 0.2) is 6.61 Å². The first-order valence-electron chi connectivity index (χ1n) is 8.19. The quantitative estimate of drug-likeness (QED) is 0.301. The predicted molar refractivity (Wildman–Crippen MR) is 104 cm³/mol. The lowest BCUT2D eigenvalue weighted by molar-refractivity contribution is -0.142. The van der Waals surface area contributed by atoms with Gasteiger partial charge in [0.2, 0.25) is 0 Å². The Morgan fingerprint density at radius 3 is 2.52 bits per heavy atom. The molecule has 0 atom stereocenters. The summed E-state index contributed by atoms with van der Waals surface area (Å²) in [6.07, 6.45) is 1.31. The summed E-state index contributed by atoms with van der Waals surface area (Å²) >= 11 is 0.287. The number of para-hydroxylation sites is 1. The lowest BCUT2D eigenvalue weighted by atomic mass is 10.1. The molecule has 0 unspecified atom stereocenters. The van der Waals surface area contributed by atoms with E-state index in [1.165, 1.54) is 25.3 Å². The maximum absolute atomic E-state index is 12.6. The number of nitrogens with zero attached hydrogens (tertiary/aromatic N) is 1. The minimum atomic E-state index is -2.65. The first kappa shape index (κ1) is 21.9. The minimum absolute atomic E-state index is 0.174. The van der Waals surface area contributed by atoms with Gasteiger partial charge in [-0.15, -0.1) is 0 Å². The number of amides is 1. The molecule has 9 heteroatoms. The first-order valence-corrected chi connectivity index (χ1v) is 9.07. The van der Waals surface area contributed by atoms with Crippen molar-refractivity contribution in [3.63, 3.8) is 0 Å². The summed E-state index contributed by atoms with van der Waals surface area (Å²) in [6.45, 7) is -0.672. The third-order valence-corrected chi connectivity index (χ3v) is 4.27. The average Bonchev–Trinajstić information content (AvgIpc) is 2.71. The maximum Gasteiger partial charge on any atom is 0.349 e. The number of nitriles is 1. The van der Waals surface area contributed by atoms with Gasteiger partial charge in [-0.3, -0.25) is 4.79 Å². The molecule has 0 aliphatic rings. The van der Waals surface area contributed by atoms with E-state index in [1.807, 2.05) is 0 Å². The number of halogens is 2. The molecule has 1 amide bonds. The van der Waals surface area contributed by atoms with Crippen LogP contribution in [0.25, 0.3) is 6.08 Å². The van der Waals surface area contributed by atoms with E-state index in [0.29, 0.717) is 11.3 Å². The maximum atomic E-state index is 12.6. The van der Waals surface area contributed by atoms with Crippen molar-refractivity contribution >= 4 is 35.4 Å². The summed E-state index contributed by atoms with van der Waals surface area (Å²) in [5.74, 6) is -3.73. The molecule has 0 radical (unpaired) electrons. The van der Waals surface area contributed by atoms with Gasteiger partial charge in [-0.1, -0.05) is 36.0 Å². The van der Waals surface area contributed by atoms with Gasteiger partial charge in [0, 0.05) is 4.90 Å². The number of hydrogen-bond donors (Lipinski definition) is 1. The van der Waals surface area contributed by atoms with Crippen molar-refractivity contribution in [3.8, 4) is 11.8 Å². The molecule has 0 saturated carbocycles. The smallest absolute Gasteiger partial charge is 0.349 e. The van der Waals surface area contributed by atoms with Gasteiger partial charge in [-0.25, -0.2) is 4.79 Å². The predicted octanol–water partition coefficient (Wildman–Crippen LogP) is 4.10. The van der Waals surface area contributed by atoms with Crippen LogP contribution < -0.4 is 10.1 Å². The number of esters is 1. The van der Waals surface area contributed by atoms with Crippen molar-refractivity contribution in [3.05, 3.63) is 59.7 Å². The molecule has 0 bridgehead atoms. The first-order chi connectivity index (χ1) is 13.9. The van der Waals surface area contributed by atoms with Crippen LogP contribution in [0.3, 0.4) is 0 Å². The Morgan fingerprint density at radius 1 is 1.21 bits per heavy atom. The SMILES string of the molecule is COc1ccc(/C=C(\C#N)C(=O)OCC(=O)Nc2ccccc2SC(F)F)cc1. The Bertz CT molecular complexity index is 940. The number of benzene rings is 2. The summed E-state index contributed by atoms with van der Waals surface area (Å²) in [5.41, 5.74) is 0.450. The molecule has 0 saturated heterocycles. The van der Waals surface area contributed by atoms with E-state index >= 15 is 0 Å². The van der Waals surface area contributed by atoms with Gasteiger partial charge in [-0.05, 0) is 35.9 Å². The highest BCUT2D eigenvalue weighted by atomic mass is 32.2. The number of methoxy groups -OCH3 is 1. The van der Waals surface area contributed by atoms with Gasteiger partial charge < -0.3 is 14.8 Å². The summed E-state index contributed by atoms with van der Waals surface area (Å²) in [6, 6.07) is 14.4. The number of nitrogens with one attached hydrogen (secondary N) is 1. The van der Waals surface area contributed by atoms with E-state index in [0.717, 1.165) is 0 Å². The molecule has 6 nitrogen and oxygen atoms in total. The number of hydrogen-bond acceptors (Lipinski definition) is 6. The lowest BCUT2D eigenvalue weighted by Gasteiger charge is -2.10. The Morgan fingerprint density at radius 2 is 1.90 bits per heavy atom. The molecule has 0 aliphatic heterocycles. The van der Waals surface area contributed by atoms with E-state index in [-0.39, 0.29) is 27.9 Å². The molecule has 0 fully saturated rings. The number of carbonyl (C=O) groups is 2. The normalized spacial score (nSPS) is 10.9. The fourth-order valence-electron chi connectivity index (χ4n) is 2.17. The lowest BCUT2D eigenvalue weighted by Crippen LogP contribution is -2.21. The fourth-order valence-corrected chi connectivity index (χ4v) is 2.76. The Hall–Kier alpha value is -3.38. The molecule has 0 aliphatic carbocycles. The second kappa shape index (κ2) is 10.8. The fraction of sp³-hybridized carbons (Fsp3) is 0.150. The minimum Gasteiger partial charge on any atom is -0.497 e. The second-order valence-electron chi connectivity index (χ2n) is 5.44. The number of ether oxygens (including phenoxy) is 2. The van der Waals surface area contributed by atoms with E-state index < -0.39 is 24.2 Å². The van der Waals surface area contributed by atoms with Gasteiger partial charge in [0.05, 0.1) is 12.8 Å². The monoisotopic (exact) mass is 418 g/mol. The zero-order chi connectivity index (χ0) is 21.2. The van der Waals surface area contributed by atoms with E-state index in [4.69, 9.17) is 14.7 Å². The summed E-state index contributed by atoms with van der Waals surface area (Å²) in [4.78, 5) is 24.2. The van der Waals surface area contributed by atoms with E-state index in [1.54, 1.807) is 42.5 Å². The molecule has 2 rings (SSSR count). The van der Waals surface area contributed by atoms with Crippen LogP contribution in [0.1, 0.15) is 5.56 Å². The largest absolute Gasteiger partial charge is 0.497 e. The Kier molecular flexibility index (Phi) is 8.18. The zero-order valence-electron chi connectivity index (χ0n) is 15.2. The van der Waals surface area contributed by atoms with Crippen molar-refractivity contribution in [1.82, 2.24) is 0 Å². The highest BCUT2D eigenvalue weighted by Gasteiger charge is 2.15. The Balaban J connectivity index is 1.97. The third-order valence-electron chi connectivity index (χ3n) is 3.48. The number of rotatable bonds is 8. The molecule has 0 heterocycles. The molecular formula is C20H16F2N2O4S. The summed E-state index contributed by atoms with van der Waals surface area (Å²) in [5, 5.41) is 11.6. The number of carbonyl (C=O) groups excluding carboxylic acids is 2. The molecule has 0 spiro atoms. The second-order valence-corrected chi connectivity index (χ2v) is 6.47. The molecule has 150 valence electrons. The van der Waals surface area contributed by atoms with Crippen molar-refractivity contribution in [1.29, 1.82) is 5.26 Å². The number of alkyl halides is 2. The van der Waals surface area contributed by atoms with Gasteiger partial charge in [-0.2, -0.15) is 14.0 Å². The molecular weight excluding hydrogens is 402 g/mol. The van der Waals surface area contributed by atoms with Crippen molar-refractivity contribution in [2.24, 2.45) is 0 Å². The number of anilines is 1. The standard InChI is InChI=1S/C20H16F2N2O4S/c1-27-15-8-6-13(7-9-15)10-14(11-23)19(26)28-12-18(25)24-16-4-2-3-5-17(16)29-20(21)22/h2-10,20H,12H2,1H3,(H,24,25)/b14-10+. The molecule has 29 heavy (non-hydrogen) atoms. The Labute approximate surface area is 170 Å². The van der Waals surface area contributed by atoms with Crippen LogP contribution in [0, 0.1) is 11.3 Å². The van der Waals surface area contributed by atoms with Crippen molar-refractivity contribution in [2.45, 2.75) is 10.7 Å². The van der Waals surface area contributed by atoms with E-state index in [2.05, 4.69) is 5.32 Å². The van der Waals surface area contributed by atoms with Crippen LogP contribution in [-0.4, -0.2) is 31.4 Å². The van der Waals surface area contributed by atoms with Crippen LogP contribution in [0.2, 0.25) is 0 Å². The molecule has 0 aromatic heterocycles. The summed E-state index contributed by atoms with van der Waals surface area (Å²) < 4.78 is 35.0. The van der Waals surface area contributed by atoms with E-state index in [9.17, 15) is 18.4 Å². The average molecular weight is 418 g/mol. The van der Waals surface area contributed by atoms with Crippen LogP contribution in [0.4, 0.5) is 14.5 Å². The summed E-state index contributed by atoms with van der Waals surface area (Å²) in [7, 11) is 1.51.